The van der Waals surface area contributed by atoms with Gasteiger partial charge < -0.3 is 25.0 Å². The summed E-state index contributed by atoms with van der Waals surface area (Å²) in [5.41, 5.74) is 2.52. The molecule has 0 radical (unpaired) electrons. The van der Waals surface area contributed by atoms with E-state index in [1.807, 2.05) is 12.1 Å². The molecule has 0 atom stereocenters. The molecule has 172 valence electrons. The summed E-state index contributed by atoms with van der Waals surface area (Å²) in [7, 11) is 5.59. The second-order valence-corrected chi connectivity index (χ2v) is 7.23. The Morgan fingerprint density at radius 1 is 0.968 bits per heavy atom. The number of hydrogen-bond acceptors (Lipinski definition) is 4. The smallest absolute Gasteiger partial charge is 0.191 e. The van der Waals surface area contributed by atoms with Crippen LogP contribution in [0.2, 0.25) is 0 Å². The molecule has 2 aromatic carbocycles. The highest BCUT2D eigenvalue weighted by Gasteiger charge is 2.02. The molecule has 0 aliphatic carbocycles. The summed E-state index contributed by atoms with van der Waals surface area (Å²) >= 11 is 0. The molecule has 0 aliphatic heterocycles. The molecule has 0 saturated heterocycles. The Morgan fingerprint density at radius 2 is 1.71 bits per heavy atom. The fourth-order valence-electron chi connectivity index (χ4n) is 2.97. The van der Waals surface area contributed by atoms with E-state index < -0.39 is 0 Å². The molecule has 0 heterocycles. The maximum absolute atomic E-state index is 5.90. The lowest BCUT2D eigenvalue weighted by molar-refractivity contribution is 0.150. The quantitative estimate of drug-likeness (QED) is 0.176. The Bertz CT molecular complexity index is 743. The van der Waals surface area contributed by atoms with Crippen molar-refractivity contribution in [2.24, 2.45) is 4.99 Å². The van der Waals surface area contributed by atoms with Gasteiger partial charge in [-0.1, -0.05) is 42.5 Å². The SMILES string of the molecule is CN=C(NCCCc1ccccc1)NCc1cccc(OCCN(C)CCOC)c1.I. The third-order valence-corrected chi connectivity index (χ3v) is 4.78. The van der Waals surface area contributed by atoms with E-state index in [4.69, 9.17) is 9.47 Å². The van der Waals surface area contributed by atoms with Crippen molar-refractivity contribution in [2.45, 2.75) is 19.4 Å². The Morgan fingerprint density at radius 3 is 2.45 bits per heavy atom. The topological polar surface area (TPSA) is 58.1 Å². The van der Waals surface area contributed by atoms with Gasteiger partial charge in [0.2, 0.25) is 0 Å². The van der Waals surface area contributed by atoms with Crippen LogP contribution in [0.5, 0.6) is 5.75 Å². The normalized spacial score (nSPS) is 11.2. The molecule has 0 aromatic heterocycles. The van der Waals surface area contributed by atoms with Crippen molar-refractivity contribution in [1.29, 1.82) is 0 Å². The summed E-state index contributed by atoms with van der Waals surface area (Å²) in [6.07, 6.45) is 2.12. The average Bonchev–Trinajstić information content (AvgIpc) is 2.78. The largest absolute Gasteiger partial charge is 0.492 e. The number of ether oxygens (including phenoxy) is 2. The first-order valence-electron chi connectivity index (χ1n) is 10.6. The average molecular weight is 540 g/mol. The van der Waals surface area contributed by atoms with Crippen molar-refractivity contribution in [3.63, 3.8) is 0 Å². The van der Waals surface area contributed by atoms with E-state index in [-0.39, 0.29) is 24.0 Å². The van der Waals surface area contributed by atoms with Gasteiger partial charge in [-0.3, -0.25) is 4.99 Å². The summed E-state index contributed by atoms with van der Waals surface area (Å²) < 4.78 is 11.0. The van der Waals surface area contributed by atoms with E-state index >= 15 is 0 Å². The third-order valence-electron chi connectivity index (χ3n) is 4.78. The molecule has 0 bridgehead atoms. The van der Waals surface area contributed by atoms with Crippen LogP contribution in [-0.4, -0.2) is 64.9 Å². The van der Waals surface area contributed by atoms with Crippen LogP contribution in [0.4, 0.5) is 0 Å². The molecular weight excluding hydrogens is 503 g/mol. The predicted octanol–water partition coefficient (Wildman–Crippen LogP) is 3.56. The van der Waals surface area contributed by atoms with Gasteiger partial charge in [0.15, 0.2) is 5.96 Å². The number of aliphatic imine (C=N–C) groups is 1. The monoisotopic (exact) mass is 540 g/mol. The molecule has 2 N–H and O–H groups in total. The van der Waals surface area contributed by atoms with Crippen molar-refractivity contribution < 1.29 is 9.47 Å². The third kappa shape index (κ3) is 11.9. The second kappa shape index (κ2) is 16.8. The Labute approximate surface area is 204 Å². The highest BCUT2D eigenvalue weighted by Crippen LogP contribution is 2.13. The molecular formula is C24H37IN4O2. The van der Waals surface area contributed by atoms with Crippen molar-refractivity contribution in [3.8, 4) is 5.75 Å². The van der Waals surface area contributed by atoms with Crippen molar-refractivity contribution in [2.75, 3.05) is 54.1 Å². The lowest BCUT2D eigenvalue weighted by atomic mass is 10.1. The zero-order valence-corrected chi connectivity index (χ0v) is 21.3. The van der Waals surface area contributed by atoms with Crippen molar-refractivity contribution in [1.82, 2.24) is 15.5 Å². The number of likely N-dealkylation sites (N-methyl/N-ethyl adjacent to an activating group) is 1. The Balaban J connectivity index is 0.00000480. The van der Waals surface area contributed by atoms with Crippen LogP contribution in [0.15, 0.2) is 59.6 Å². The van der Waals surface area contributed by atoms with Crippen LogP contribution < -0.4 is 15.4 Å². The summed E-state index contributed by atoms with van der Waals surface area (Å²) in [5.74, 6) is 1.70. The van der Waals surface area contributed by atoms with E-state index in [0.29, 0.717) is 13.2 Å². The molecule has 2 rings (SSSR count). The van der Waals surface area contributed by atoms with Gasteiger partial charge in [-0.2, -0.15) is 0 Å². The summed E-state index contributed by atoms with van der Waals surface area (Å²) in [6, 6.07) is 18.7. The van der Waals surface area contributed by atoms with Gasteiger partial charge in [-0.15, -0.1) is 24.0 Å². The molecule has 0 saturated carbocycles. The van der Waals surface area contributed by atoms with Crippen LogP contribution in [0, 0.1) is 0 Å². The minimum atomic E-state index is 0. The van der Waals surface area contributed by atoms with Crippen LogP contribution >= 0.6 is 24.0 Å². The first kappa shape index (κ1) is 27.2. The number of benzene rings is 2. The summed E-state index contributed by atoms with van der Waals surface area (Å²) in [4.78, 5) is 6.51. The van der Waals surface area contributed by atoms with Gasteiger partial charge in [0.25, 0.3) is 0 Å². The van der Waals surface area contributed by atoms with E-state index in [0.717, 1.165) is 56.4 Å². The molecule has 2 aromatic rings. The lowest BCUT2D eigenvalue weighted by Gasteiger charge is -2.16. The molecule has 0 spiro atoms. The van der Waals surface area contributed by atoms with Crippen LogP contribution in [0.1, 0.15) is 17.5 Å². The Hall–Kier alpha value is -1.84. The zero-order valence-electron chi connectivity index (χ0n) is 19.0. The molecule has 0 aliphatic rings. The van der Waals surface area contributed by atoms with Crippen molar-refractivity contribution in [3.05, 3.63) is 65.7 Å². The first-order valence-corrected chi connectivity index (χ1v) is 10.6. The van der Waals surface area contributed by atoms with Gasteiger partial charge in [0.05, 0.1) is 6.61 Å². The molecule has 0 amide bonds. The van der Waals surface area contributed by atoms with E-state index in [1.165, 1.54) is 5.56 Å². The highest BCUT2D eigenvalue weighted by molar-refractivity contribution is 14.0. The molecule has 6 nitrogen and oxygen atoms in total. The van der Waals surface area contributed by atoms with Crippen LogP contribution in [-0.2, 0) is 17.7 Å². The number of guanidine groups is 1. The maximum Gasteiger partial charge on any atom is 0.191 e. The summed E-state index contributed by atoms with van der Waals surface area (Å²) in [5, 5.41) is 6.75. The van der Waals surface area contributed by atoms with Gasteiger partial charge in [-0.25, -0.2) is 0 Å². The fourth-order valence-corrected chi connectivity index (χ4v) is 2.97. The number of halogens is 1. The highest BCUT2D eigenvalue weighted by atomic mass is 127. The molecule has 7 heteroatoms. The number of nitrogens with zero attached hydrogens (tertiary/aromatic N) is 2. The number of aryl methyl sites for hydroxylation is 1. The fraction of sp³-hybridized carbons (Fsp3) is 0.458. The zero-order chi connectivity index (χ0) is 21.4. The van der Waals surface area contributed by atoms with Gasteiger partial charge in [0, 0.05) is 40.3 Å². The lowest BCUT2D eigenvalue weighted by Crippen LogP contribution is -2.37. The minimum absolute atomic E-state index is 0. The molecule has 0 unspecified atom stereocenters. The number of rotatable bonds is 13. The summed E-state index contributed by atoms with van der Waals surface area (Å²) in [6.45, 7) is 4.74. The predicted molar refractivity (Wildman–Crippen MR) is 140 cm³/mol. The minimum Gasteiger partial charge on any atom is -0.492 e. The molecule has 0 fully saturated rings. The van der Waals surface area contributed by atoms with Crippen molar-refractivity contribution >= 4 is 29.9 Å². The number of methoxy groups -OCH3 is 1. The van der Waals surface area contributed by atoms with Gasteiger partial charge in [-0.05, 0) is 43.1 Å². The van der Waals surface area contributed by atoms with E-state index in [2.05, 4.69) is 70.0 Å². The Kier molecular flexibility index (Phi) is 14.7. The second-order valence-electron chi connectivity index (χ2n) is 7.23. The maximum atomic E-state index is 5.90. The van der Waals surface area contributed by atoms with Crippen LogP contribution in [0.25, 0.3) is 0 Å². The first-order chi connectivity index (χ1) is 14.7. The van der Waals surface area contributed by atoms with E-state index in [9.17, 15) is 0 Å². The van der Waals surface area contributed by atoms with Gasteiger partial charge in [0.1, 0.15) is 12.4 Å². The van der Waals surface area contributed by atoms with E-state index in [1.54, 1.807) is 14.2 Å². The molecule has 31 heavy (non-hydrogen) atoms. The standard InChI is InChI=1S/C24H36N4O2.HI/c1-25-24(26-14-8-12-21-9-5-4-6-10-21)27-20-22-11-7-13-23(19-22)30-18-16-28(2)15-17-29-3;/h4-7,9-11,13,19H,8,12,14-18,20H2,1-3H3,(H2,25,26,27);1H. The van der Waals surface area contributed by atoms with Crippen LogP contribution in [0.3, 0.4) is 0 Å². The number of nitrogens with one attached hydrogen (secondary N) is 2. The number of hydrogen-bond donors (Lipinski definition) is 2. The van der Waals surface area contributed by atoms with Gasteiger partial charge >= 0.3 is 0 Å².